The third kappa shape index (κ3) is 3.92. The van der Waals surface area contributed by atoms with Gasteiger partial charge in [-0.15, -0.1) is 0 Å². The lowest BCUT2D eigenvalue weighted by atomic mass is 10.3. The van der Waals surface area contributed by atoms with Gasteiger partial charge in [0.05, 0.1) is 6.07 Å². The van der Waals surface area contributed by atoms with Crippen molar-refractivity contribution in [3.63, 3.8) is 0 Å². The van der Waals surface area contributed by atoms with E-state index in [0.717, 1.165) is 11.4 Å². The van der Waals surface area contributed by atoms with E-state index < -0.39 is 0 Å². The van der Waals surface area contributed by atoms with Gasteiger partial charge in [0, 0.05) is 25.0 Å². The van der Waals surface area contributed by atoms with Crippen LogP contribution in [0.15, 0.2) is 30.6 Å². The first-order chi connectivity index (χ1) is 9.28. The number of aromatic nitrogens is 3. The van der Waals surface area contributed by atoms with Gasteiger partial charge in [-0.1, -0.05) is 0 Å². The van der Waals surface area contributed by atoms with Crippen molar-refractivity contribution in [1.82, 2.24) is 15.0 Å². The summed E-state index contributed by atoms with van der Waals surface area (Å²) in [5.74, 6) is 2.02. The molecule has 2 rings (SSSR count). The number of nitriles is 1. The molecule has 0 saturated carbocycles. The normalized spacial score (nSPS) is 9.68. The molecule has 6 nitrogen and oxygen atoms in total. The van der Waals surface area contributed by atoms with Crippen LogP contribution in [0.25, 0.3) is 0 Å². The molecule has 6 heteroatoms. The summed E-state index contributed by atoms with van der Waals surface area (Å²) in [6.45, 7) is 2.70. The summed E-state index contributed by atoms with van der Waals surface area (Å²) < 4.78 is 0. The third-order valence-electron chi connectivity index (χ3n) is 2.41. The maximum Gasteiger partial charge on any atom is 0.132 e. The monoisotopic (exact) mass is 254 g/mol. The highest BCUT2D eigenvalue weighted by Crippen LogP contribution is 2.12. The molecule has 19 heavy (non-hydrogen) atoms. The van der Waals surface area contributed by atoms with Crippen LogP contribution < -0.4 is 10.6 Å². The van der Waals surface area contributed by atoms with Gasteiger partial charge in [-0.2, -0.15) is 5.26 Å². The highest BCUT2D eigenvalue weighted by atomic mass is 15.1. The van der Waals surface area contributed by atoms with Gasteiger partial charge >= 0.3 is 0 Å². The molecule has 2 aromatic rings. The minimum atomic E-state index is 0.222. The van der Waals surface area contributed by atoms with E-state index in [1.165, 1.54) is 0 Å². The first kappa shape index (κ1) is 12.8. The van der Waals surface area contributed by atoms with Gasteiger partial charge < -0.3 is 10.6 Å². The van der Waals surface area contributed by atoms with Crippen molar-refractivity contribution in [2.75, 3.05) is 17.2 Å². The second-order valence-electron chi connectivity index (χ2n) is 3.91. The highest BCUT2D eigenvalue weighted by molar-refractivity contribution is 5.48. The number of anilines is 2. The molecule has 0 radical (unpaired) electrons. The second kappa shape index (κ2) is 6.31. The van der Waals surface area contributed by atoms with E-state index in [4.69, 9.17) is 5.26 Å². The summed E-state index contributed by atoms with van der Waals surface area (Å²) in [4.78, 5) is 12.5. The van der Waals surface area contributed by atoms with E-state index in [0.29, 0.717) is 18.2 Å². The molecule has 0 unspecified atom stereocenters. The molecule has 2 heterocycles. The van der Waals surface area contributed by atoms with Crippen LogP contribution in [0.1, 0.15) is 11.4 Å². The van der Waals surface area contributed by atoms with E-state index in [2.05, 4.69) is 25.6 Å². The van der Waals surface area contributed by atoms with Crippen LogP contribution >= 0.6 is 0 Å². The summed E-state index contributed by atoms with van der Waals surface area (Å²) in [7, 11) is 0. The number of nitrogens with one attached hydrogen (secondary N) is 2. The quantitative estimate of drug-likeness (QED) is 0.790. The predicted octanol–water partition coefficient (Wildman–Crippen LogP) is 1.73. The van der Waals surface area contributed by atoms with E-state index in [-0.39, 0.29) is 6.54 Å². The average molecular weight is 254 g/mol. The van der Waals surface area contributed by atoms with Gasteiger partial charge in [0.15, 0.2) is 0 Å². The zero-order valence-corrected chi connectivity index (χ0v) is 10.6. The zero-order valence-electron chi connectivity index (χ0n) is 10.6. The zero-order chi connectivity index (χ0) is 13.5. The molecule has 0 saturated heterocycles. The van der Waals surface area contributed by atoms with Crippen LogP contribution in [-0.4, -0.2) is 21.5 Å². The molecule has 0 aliphatic rings. The summed E-state index contributed by atoms with van der Waals surface area (Å²) >= 11 is 0. The minimum Gasteiger partial charge on any atom is -0.366 e. The molecule has 2 aromatic heterocycles. The van der Waals surface area contributed by atoms with Crippen LogP contribution in [0, 0.1) is 18.3 Å². The number of rotatable bonds is 5. The Morgan fingerprint density at radius 1 is 1.16 bits per heavy atom. The van der Waals surface area contributed by atoms with Gasteiger partial charge in [0.25, 0.3) is 0 Å². The molecule has 0 spiro atoms. The Balaban J connectivity index is 2.04. The minimum absolute atomic E-state index is 0.222. The standard InChI is InChI=1S/C13H14N6/c1-10-18-12(16-7-4-14)8-13(19-10)17-9-11-2-5-15-6-3-11/h2-3,5-6,8H,7,9H2,1H3,(H2,16,17,18,19). The molecule has 96 valence electrons. The van der Waals surface area contributed by atoms with Crippen molar-refractivity contribution >= 4 is 11.6 Å². The van der Waals surface area contributed by atoms with Crippen molar-refractivity contribution < 1.29 is 0 Å². The lowest BCUT2D eigenvalue weighted by Crippen LogP contribution is -2.07. The summed E-state index contributed by atoms with van der Waals surface area (Å²) in [5.41, 5.74) is 1.12. The summed E-state index contributed by atoms with van der Waals surface area (Å²) in [6.07, 6.45) is 3.50. The highest BCUT2D eigenvalue weighted by Gasteiger charge is 2.01. The summed E-state index contributed by atoms with van der Waals surface area (Å²) in [6, 6.07) is 7.68. The molecule has 0 aliphatic carbocycles. The van der Waals surface area contributed by atoms with E-state index in [9.17, 15) is 0 Å². The maximum atomic E-state index is 8.54. The molecule has 0 aliphatic heterocycles. The van der Waals surface area contributed by atoms with Crippen molar-refractivity contribution in [2.45, 2.75) is 13.5 Å². The predicted molar refractivity (Wildman–Crippen MR) is 72.4 cm³/mol. The number of nitrogens with zero attached hydrogens (tertiary/aromatic N) is 4. The molecule has 0 atom stereocenters. The fourth-order valence-electron chi connectivity index (χ4n) is 1.57. The van der Waals surface area contributed by atoms with Crippen molar-refractivity contribution in [3.8, 4) is 6.07 Å². The molecule has 0 amide bonds. The third-order valence-corrected chi connectivity index (χ3v) is 2.41. The maximum absolute atomic E-state index is 8.54. The van der Waals surface area contributed by atoms with Crippen LogP contribution in [-0.2, 0) is 6.54 Å². The van der Waals surface area contributed by atoms with E-state index in [1.54, 1.807) is 18.5 Å². The van der Waals surface area contributed by atoms with Crippen molar-refractivity contribution in [2.24, 2.45) is 0 Å². The molecule has 0 bridgehead atoms. The fourth-order valence-corrected chi connectivity index (χ4v) is 1.57. The van der Waals surface area contributed by atoms with E-state index >= 15 is 0 Å². The number of hydrogen-bond donors (Lipinski definition) is 2. The van der Waals surface area contributed by atoms with Crippen LogP contribution in [0.2, 0.25) is 0 Å². The number of pyridine rings is 1. The number of aryl methyl sites for hydroxylation is 1. The van der Waals surface area contributed by atoms with Crippen LogP contribution in [0.3, 0.4) is 0 Å². The van der Waals surface area contributed by atoms with Gasteiger partial charge in [0.2, 0.25) is 0 Å². The Morgan fingerprint density at radius 2 is 1.84 bits per heavy atom. The smallest absolute Gasteiger partial charge is 0.132 e. The largest absolute Gasteiger partial charge is 0.366 e. The van der Waals surface area contributed by atoms with Gasteiger partial charge in [-0.3, -0.25) is 4.98 Å². The molecule has 0 fully saturated rings. The van der Waals surface area contributed by atoms with Gasteiger partial charge in [-0.25, -0.2) is 9.97 Å². The molecule has 2 N–H and O–H groups in total. The Bertz CT molecular complexity index is 575. The Hall–Kier alpha value is -2.68. The molecular weight excluding hydrogens is 240 g/mol. The van der Waals surface area contributed by atoms with Gasteiger partial charge in [-0.05, 0) is 24.6 Å². The van der Waals surface area contributed by atoms with Crippen molar-refractivity contribution in [1.29, 1.82) is 5.26 Å². The van der Waals surface area contributed by atoms with Crippen LogP contribution in [0.4, 0.5) is 11.6 Å². The van der Waals surface area contributed by atoms with Gasteiger partial charge in [0.1, 0.15) is 24.0 Å². The lowest BCUT2D eigenvalue weighted by molar-refractivity contribution is 1.02. The number of hydrogen-bond acceptors (Lipinski definition) is 6. The Morgan fingerprint density at radius 3 is 2.53 bits per heavy atom. The van der Waals surface area contributed by atoms with Crippen LogP contribution in [0.5, 0.6) is 0 Å². The van der Waals surface area contributed by atoms with Crippen molar-refractivity contribution in [3.05, 3.63) is 42.0 Å². The Kier molecular flexibility index (Phi) is 4.24. The molecule has 0 aromatic carbocycles. The second-order valence-corrected chi connectivity index (χ2v) is 3.91. The SMILES string of the molecule is Cc1nc(NCC#N)cc(NCc2ccncc2)n1. The molecular formula is C13H14N6. The fraction of sp³-hybridized carbons (Fsp3) is 0.231. The van der Waals surface area contributed by atoms with E-state index in [1.807, 2.05) is 25.1 Å². The summed E-state index contributed by atoms with van der Waals surface area (Å²) in [5, 5.41) is 14.7. The first-order valence-electron chi connectivity index (χ1n) is 5.87. The Labute approximate surface area is 111 Å². The first-order valence-corrected chi connectivity index (χ1v) is 5.87. The topological polar surface area (TPSA) is 86.5 Å². The lowest BCUT2D eigenvalue weighted by Gasteiger charge is -2.08. The average Bonchev–Trinajstić information content (AvgIpc) is 2.43.